The summed E-state index contributed by atoms with van der Waals surface area (Å²) in [6.07, 6.45) is 11.5. The van der Waals surface area contributed by atoms with Gasteiger partial charge in [-0.1, -0.05) is 31.4 Å². The van der Waals surface area contributed by atoms with Gasteiger partial charge in [0.1, 0.15) is 12.6 Å². The van der Waals surface area contributed by atoms with Gasteiger partial charge in [0.2, 0.25) is 5.91 Å². The van der Waals surface area contributed by atoms with Crippen LogP contribution in [0.3, 0.4) is 0 Å². The number of nitrogens with zero attached hydrogens (tertiary/aromatic N) is 1. The molecule has 1 aliphatic rings. The summed E-state index contributed by atoms with van der Waals surface area (Å²) in [6, 6.07) is 5.41. The Morgan fingerprint density at radius 3 is 2.64 bits per heavy atom. The van der Waals surface area contributed by atoms with Crippen molar-refractivity contribution in [2.75, 3.05) is 32.9 Å². The number of hydrogen-bond donors (Lipinski definition) is 2. The lowest BCUT2D eigenvalue weighted by atomic mass is 10.1. The molecule has 0 heterocycles. The molecule has 1 fully saturated rings. The fraction of sp³-hybridized carbons (Fsp3) is 0.654. The first-order chi connectivity index (χ1) is 16.1. The maximum absolute atomic E-state index is 12.3. The maximum atomic E-state index is 12.3. The third-order valence-corrected chi connectivity index (χ3v) is 7.41. The Morgan fingerprint density at radius 2 is 1.94 bits per heavy atom. The number of nitrogens with one attached hydrogen (secondary N) is 2. The van der Waals surface area contributed by atoms with Gasteiger partial charge in [0.15, 0.2) is 0 Å². The molecule has 184 valence electrons. The molecule has 1 atom stereocenters. The molecule has 1 aliphatic carbocycles. The molecular formula is C26H41N3O3S. The highest BCUT2D eigenvalue weighted by Gasteiger charge is 2.23. The van der Waals surface area contributed by atoms with Crippen molar-refractivity contribution in [3.63, 3.8) is 0 Å². The zero-order valence-corrected chi connectivity index (χ0v) is 21.1. The fourth-order valence-electron chi connectivity index (χ4n) is 3.99. The van der Waals surface area contributed by atoms with Crippen molar-refractivity contribution in [2.24, 2.45) is 5.92 Å². The molecule has 1 saturated carbocycles. The van der Waals surface area contributed by atoms with Crippen LogP contribution in [0, 0.1) is 5.92 Å². The van der Waals surface area contributed by atoms with E-state index in [1.807, 2.05) is 24.1 Å². The zero-order chi connectivity index (χ0) is 23.9. The van der Waals surface area contributed by atoms with E-state index in [-0.39, 0.29) is 5.91 Å². The molecule has 7 heteroatoms. The number of thioether (sulfide) groups is 1. The fourth-order valence-corrected chi connectivity index (χ4v) is 5.09. The van der Waals surface area contributed by atoms with Crippen LogP contribution in [0.25, 0.3) is 0 Å². The molecule has 0 aromatic heterocycles. The highest BCUT2D eigenvalue weighted by atomic mass is 32.2. The van der Waals surface area contributed by atoms with E-state index in [2.05, 4.69) is 16.7 Å². The second-order valence-electron chi connectivity index (χ2n) is 8.99. The topological polar surface area (TPSA) is 78.5 Å². The van der Waals surface area contributed by atoms with Crippen molar-refractivity contribution >= 4 is 30.2 Å². The molecule has 6 nitrogen and oxygen atoms in total. The highest BCUT2D eigenvalue weighted by Crippen LogP contribution is 2.28. The van der Waals surface area contributed by atoms with Crippen LogP contribution in [0.2, 0.25) is 0 Å². The first kappa shape index (κ1) is 27.5. The zero-order valence-electron chi connectivity index (χ0n) is 20.3. The van der Waals surface area contributed by atoms with Gasteiger partial charge < -0.3 is 15.4 Å². The number of benzene rings is 1. The molecule has 1 unspecified atom stereocenters. The van der Waals surface area contributed by atoms with E-state index in [1.165, 1.54) is 45.1 Å². The molecule has 0 saturated heterocycles. The highest BCUT2D eigenvalue weighted by molar-refractivity contribution is 7.99. The Labute approximate surface area is 203 Å². The summed E-state index contributed by atoms with van der Waals surface area (Å²) in [5, 5.41) is 6.24. The molecule has 1 amide bonds. The number of amides is 1. The average Bonchev–Trinajstić information content (AvgIpc) is 3.65. The van der Waals surface area contributed by atoms with E-state index >= 15 is 0 Å². The summed E-state index contributed by atoms with van der Waals surface area (Å²) in [4.78, 5) is 37.9. The largest absolute Gasteiger partial charge is 0.358 e. The van der Waals surface area contributed by atoms with Crippen LogP contribution in [0.1, 0.15) is 73.7 Å². The summed E-state index contributed by atoms with van der Waals surface area (Å²) in [5.41, 5.74) is 1.62. The first-order valence-electron chi connectivity index (χ1n) is 12.4. The Hall–Kier alpha value is -1.70. The summed E-state index contributed by atoms with van der Waals surface area (Å²) in [6.45, 7) is 2.83. The predicted molar refractivity (Wildman–Crippen MR) is 136 cm³/mol. The Balaban J connectivity index is 1.80. The standard InChI is InChI=1S/C26H41N3O3S/c1-27-26(32)24(11-9-16-30)29(2)19-23-22(20-31)10-8-12-25(23)33-17-7-5-3-4-6-15-28-18-21-13-14-21/h8,10,12,16,20-21,24,28H,3-7,9,11,13-15,17-19H2,1-2H3,(H,27,32). The SMILES string of the molecule is CNC(=O)C(CCC=O)N(C)Cc1c(C=O)cccc1SCCCCCCCNCC1CC1. The lowest BCUT2D eigenvalue weighted by Gasteiger charge is -2.27. The van der Waals surface area contributed by atoms with Crippen LogP contribution < -0.4 is 10.6 Å². The number of carbonyl (C=O) groups is 3. The van der Waals surface area contributed by atoms with Crippen LogP contribution >= 0.6 is 11.8 Å². The molecule has 2 rings (SSSR count). The third kappa shape index (κ3) is 10.4. The average molecular weight is 476 g/mol. The molecule has 1 aromatic carbocycles. The Bertz CT molecular complexity index is 739. The Morgan fingerprint density at radius 1 is 1.18 bits per heavy atom. The van der Waals surface area contributed by atoms with Gasteiger partial charge >= 0.3 is 0 Å². The quantitative estimate of drug-likeness (QED) is 0.178. The van der Waals surface area contributed by atoms with Gasteiger partial charge in [0.25, 0.3) is 0 Å². The van der Waals surface area contributed by atoms with Crippen molar-refractivity contribution in [1.82, 2.24) is 15.5 Å². The molecule has 1 aromatic rings. The minimum atomic E-state index is -0.406. The van der Waals surface area contributed by atoms with Crippen molar-refractivity contribution in [2.45, 2.75) is 75.3 Å². The third-order valence-electron chi connectivity index (χ3n) is 6.23. The van der Waals surface area contributed by atoms with E-state index in [9.17, 15) is 14.4 Å². The lowest BCUT2D eigenvalue weighted by molar-refractivity contribution is -0.126. The number of aldehydes is 2. The van der Waals surface area contributed by atoms with E-state index in [1.54, 1.807) is 18.8 Å². The molecule has 33 heavy (non-hydrogen) atoms. The van der Waals surface area contributed by atoms with Crippen molar-refractivity contribution < 1.29 is 14.4 Å². The monoisotopic (exact) mass is 475 g/mol. The second kappa shape index (κ2) is 16.0. The molecular weight excluding hydrogens is 434 g/mol. The normalized spacial score (nSPS) is 14.3. The van der Waals surface area contributed by atoms with Crippen LogP contribution in [-0.2, 0) is 16.1 Å². The second-order valence-corrected chi connectivity index (χ2v) is 10.1. The van der Waals surface area contributed by atoms with E-state index in [4.69, 9.17) is 0 Å². The van der Waals surface area contributed by atoms with Crippen LogP contribution in [0.5, 0.6) is 0 Å². The summed E-state index contributed by atoms with van der Waals surface area (Å²) >= 11 is 1.79. The van der Waals surface area contributed by atoms with Gasteiger partial charge in [-0.3, -0.25) is 14.5 Å². The van der Waals surface area contributed by atoms with Gasteiger partial charge in [-0.2, -0.15) is 0 Å². The van der Waals surface area contributed by atoms with Gasteiger partial charge in [-0.05, 0) is 75.5 Å². The van der Waals surface area contributed by atoms with Crippen molar-refractivity contribution in [1.29, 1.82) is 0 Å². The van der Waals surface area contributed by atoms with Crippen LogP contribution in [-0.4, -0.2) is 62.4 Å². The summed E-state index contributed by atoms with van der Waals surface area (Å²) < 4.78 is 0. The first-order valence-corrected chi connectivity index (χ1v) is 13.3. The smallest absolute Gasteiger partial charge is 0.237 e. The summed E-state index contributed by atoms with van der Waals surface area (Å²) in [7, 11) is 3.48. The van der Waals surface area contributed by atoms with Crippen molar-refractivity contribution in [3.8, 4) is 0 Å². The number of unbranched alkanes of at least 4 members (excludes halogenated alkanes) is 4. The van der Waals surface area contributed by atoms with E-state index in [0.717, 1.165) is 47.7 Å². The van der Waals surface area contributed by atoms with E-state index < -0.39 is 6.04 Å². The molecule has 0 bridgehead atoms. The molecule has 0 aliphatic heterocycles. The van der Waals surface area contributed by atoms with Crippen molar-refractivity contribution in [3.05, 3.63) is 29.3 Å². The molecule has 0 radical (unpaired) electrons. The van der Waals surface area contributed by atoms with Gasteiger partial charge in [-0.25, -0.2) is 0 Å². The number of hydrogen-bond acceptors (Lipinski definition) is 6. The van der Waals surface area contributed by atoms with Crippen LogP contribution in [0.15, 0.2) is 23.1 Å². The number of carbonyl (C=O) groups excluding carboxylic acids is 3. The molecule has 2 N–H and O–H groups in total. The Kier molecular flexibility index (Phi) is 13.4. The van der Waals surface area contributed by atoms with Gasteiger partial charge in [0.05, 0.1) is 6.04 Å². The predicted octanol–water partition coefficient (Wildman–Crippen LogP) is 4.07. The maximum Gasteiger partial charge on any atom is 0.237 e. The number of rotatable bonds is 19. The molecule has 0 spiro atoms. The summed E-state index contributed by atoms with van der Waals surface area (Å²) in [5.74, 6) is 1.86. The minimum Gasteiger partial charge on any atom is -0.358 e. The number of likely N-dealkylation sites (N-methyl/N-ethyl adjacent to an activating group) is 2. The van der Waals surface area contributed by atoms with Gasteiger partial charge in [-0.15, -0.1) is 11.8 Å². The van der Waals surface area contributed by atoms with E-state index in [0.29, 0.717) is 24.9 Å². The lowest BCUT2D eigenvalue weighted by Crippen LogP contribution is -2.43. The minimum absolute atomic E-state index is 0.111. The van der Waals surface area contributed by atoms with Crippen LogP contribution in [0.4, 0.5) is 0 Å². The van der Waals surface area contributed by atoms with Gasteiger partial charge in [0, 0.05) is 30.5 Å².